The van der Waals surface area contributed by atoms with E-state index in [2.05, 4.69) is 15.6 Å². The van der Waals surface area contributed by atoms with Crippen LogP contribution < -0.4 is 10.6 Å². The number of likely N-dealkylation sites (tertiary alicyclic amines) is 1. The summed E-state index contributed by atoms with van der Waals surface area (Å²) in [5, 5.41) is 16.1. The van der Waals surface area contributed by atoms with E-state index < -0.39 is 29.0 Å². The maximum atomic E-state index is 13.6. The third-order valence-corrected chi connectivity index (χ3v) is 7.34. The van der Waals surface area contributed by atoms with Crippen molar-refractivity contribution < 1.29 is 19.5 Å². The Balaban J connectivity index is 1.69. The fourth-order valence-corrected chi connectivity index (χ4v) is 4.94. The van der Waals surface area contributed by atoms with Gasteiger partial charge in [-0.05, 0) is 23.5 Å². The highest BCUT2D eigenvalue weighted by atomic mass is 32.1. The minimum absolute atomic E-state index is 0.0534. The summed E-state index contributed by atoms with van der Waals surface area (Å²) in [5.41, 5.74) is 3.56. The standard InChI is InChI=1S/C27H38N4O4S/c1-16-21(36-15-29-16)18-10-8-17(9-11-18)13-28-23(33)20-12-19(32)14-31(20)24(34)22(26(2,3)4)30-25(35)27(5,6)7/h8-11,15,19-20,22,32H,12-14H2,1-7H3,(H,28,33)(H,30,35)/t19-,20-,22+/m1/s1. The fourth-order valence-electron chi connectivity index (χ4n) is 4.13. The number of aromatic nitrogens is 1. The Labute approximate surface area is 217 Å². The van der Waals surface area contributed by atoms with Crippen LogP contribution in [-0.2, 0) is 20.9 Å². The number of amides is 3. The van der Waals surface area contributed by atoms with Gasteiger partial charge in [0.05, 0.1) is 22.2 Å². The van der Waals surface area contributed by atoms with Gasteiger partial charge in [-0.1, -0.05) is 65.8 Å². The third kappa shape index (κ3) is 6.50. The Hall–Kier alpha value is -2.78. The van der Waals surface area contributed by atoms with E-state index in [4.69, 9.17) is 0 Å². The number of aryl methyl sites for hydroxylation is 1. The van der Waals surface area contributed by atoms with E-state index in [-0.39, 0.29) is 30.7 Å². The molecule has 1 saturated heterocycles. The summed E-state index contributed by atoms with van der Waals surface area (Å²) in [6.07, 6.45) is -0.642. The van der Waals surface area contributed by atoms with Crippen molar-refractivity contribution in [2.75, 3.05) is 6.54 Å². The molecule has 0 unspecified atom stereocenters. The van der Waals surface area contributed by atoms with Gasteiger partial charge < -0.3 is 20.6 Å². The molecule has 0 aliphatic carbocycles. The summed E-state index contributed by atoms with van der Waals surface area (Å²) < 4.78 is 0. The predicted molar refractivity (Wildman–Crippen MR) is 141 cm³/mol. The number of rotatable bonds is 6. The van der Waals surface area contributed by atoms with Crippen LogP contribution in [0.2, 0.25) is 0 Å². The number of hydrogen-bond donors (Lipinski definition) is 3. The van der Waals surface area contributed by atoms with Gasteiger partial charge in [-0.2, -0.15) is 0 Å². The Kier molecular flexibility index (Phi) is 8.25. The lowest BCUT2D eigenvalue weighted by Crippen LogP contribution is -2.59. The van der Waals surface area contributed by atoms with Gasteiger partial charge in [0.25, 0.3) is 0 Å². The van der Waals surface area contributed by atoms with Gasteiger partial charge in [0.2, 0.25) is 17.7 Å². The average Bonchev–Trinajstić information content (AvgIpc) is 3.39. The molecule has 1 fully saturated rings. The summed E-state index contributed by atoms with van der Waals surface area (Å²) >= 11 is 1.59. The second kappa shape index (κ2) is 10.7. The number of aliphatic hydroxyl groups excluding tert-OH is 1. The minimum atomic E-state index is -0.826. The van der Waals surface area contributed by atoms with Gasteiger partial charge in [0.15, 0.2) is 0 Å². The van der Waals surface area contributed by atoms with E-state index in [1.807, 2.05) is 57.5 Å². The molecule has 0 bridgehead atoms. The van der Waals surface area contributed by atoms with Crippen molar-refractivity contribution in [1.29, 1.82) is 0 Å². The van der Waals surface area contributed by atoms with Crippen molar-refractivity contribution >= 4 is 29.1 Å². The van der Waals surface area contributed by atoms with Crippen LogP contribution in [0.4, 0.5) is 0 Å². The van der Waals surface area contributed by atoms with Crippen molar-refractivity contribution in [3.8, 4) is 10.4 Å². The first-order valence-electron chi connectivity index (χ1n) is 12.2. The first-order chi connectivity index (χ1) is 16.7. The number of thiazole rings is 1. The zero-order valence-electron chi connectivity index (χ0n) is 22.2. The van der Waals surface area contributed by atoms with Crippen molar-refractivity contribution in [3.63, 3.8) is 0 Å². The molecule has 1 aromatic carbocycles. The number of carbonyl (C=O) groups excluding carboxylic acids is 3. The van der Waals surface area contributed by atoms with E-state index in [0.29, 0.717) is 6.54 Å². The zero-order chi connectivity index (χ0) is 26.8. The van der Waals surface area contributed by atoms with Gasteiger partial charge >= 0.3 is 0 Å². The third-order valence-electron chi connectivity index (χ3n) is 6.36. The summed E-state index contributed by atoms with van der Waals surface area (Å²) in [6.45, 7) is 13.3. The lowest BCUT2D eigenvalue weighted by molar-refractivity contribution is -0.145. The number of aliphatic hydroxyl groups is 1. The molecule has 36 heavy (non-hydrogen) atoms. The van der Waals surface area contributed by atoms with Crippen LogP contribution in [0.1, 0.15) is 59.2 Å². The summed E-state index contributed by atoms with van der Waals surface area (Å²) in [6, 6.07) is 6.29. The number of nitrogens with zero attached hydrogens (tertiary/aromatic N) is 2. The molecule has 3 amide bonds. The van der Waals surface area contributed by atoms with E-state index in [1.165, 1.54) is 4.90 Å². The molecule has 0 spiro atoms. The smallest absolute Gasteiger partial charge is 0.246 e. The monoisotopic (exact) mass is 514 g/mol. The van der Waals surface area contributed by atoms with Crippen LogP contribution >= 0.6 is 11.3 Å². The molecule has 1 aliphatic heterocycles. The molecule has 196 valence electrons. The Morgan fingerprint density at radius 2 is 1.78 bits per heavy atom. The molecule has 3 N–H and O–H groups in total. The fraction of sp³-hybridized carbons (Fsp3) is 0.556. The summed E-state index contributed by atoms with van der Waals surface area (Å²) in [4.78, 5) is 46.2. The van der Waals surface area contributed by atoms with E-state index in [9.17, 15) is 19.5 Å². The molecule has 0 saturated carbocycles. The number of nitrogens with one attached hydrogen (secondary N) is 2. The molecule has 2 heterocycles. The van der Waals surface area contributed by atoms with Crippen LogP contribution in [0.25, 0.3) is 10.4 Å². The maximum absolute atomic E-state index is 13.6. The van der Waals surface area contributed by atoms with Crippen LogP contribution in [0.5, 0.6) is 0 Å². The van der Waals surface area contributed by atoms with Crippen molar-refractivity contribution in [2.45, 2.75) is 79.6 Å². The molecule has 2 aromatic rings. The molecule has 1 aromatic heterocycles. The lowest BCUT2D eigenvalue weighted by Gasteiger charge is -2.36. The summed E-state index contributed by atoms with van der Waals surface area (Å²) in [5.74, 6) is -0.924. The van der Waals surface area contributed by atoms with Crippen molar-refractivity contribution in [1.82, 2.24) is 20.5 Å². The topological polar surface area (TPSA) is 112 Å². The Morgan fingerprint density at radius 1 is 1.14 bits per heavy atom. The Bertz CT molecular complexity index is 1100. The van der Waals surface area contributed by atoms with E-state index in [1.54, 1.807) is 32.1 Å². The number of β-amino-alcohol motifs (C(OH)–C–C–N with tert-alkyl or cyclic N) is 1. The molecule has 0 radical (unpaired) electrons. The maximum Gasteiger partial charge on any atom is 0.246 e. The molecular weight excluding hydrogens is 476 g/mol. The first kappa shape index (κ1) is 27.8. The highest BCUT2D eigenvalue weighted by molar-refractivity contribution is 7.13. The van der Waals surface area contributed by atoms with E-state index in [0.717, 1.165) is 21.7 Å². The normalized spacial score (nSPS) is 19.2. The highest BCUT2D eigenvalue weighted by Crippen LogP contribution is 2.28. The number of carbonyl (C=O) groups is 3. The molecule has 8 nitrogen and oxygen atoms in total. The van der Waals surface area contributed by atoms with Gasteiger partial charge in [-0.25, -0.2) is 4.98 Å². The molecule has 1 aliphatic rings. The molecule has 9 heteroatoms. The van der Waals surface area contributed by atoms with Crippen LogP contribution in [0, 0.1) is 17.8 Å². The molecule has 3 rings (SSSR count). The zero-order valence-corrected chi connectivity index (χ0v) is 23.0. The van der Waals surface area contributed by atoms with Gasteiger partial charge in [-0.3, -0.25) is 14.4 Å². The quantitative estimate of drug-likeness (QED) is 0.548. The molecule has 3 atom stereocenters. The average molecular weight is 515 g/mol. The second-order valence-corrected chi connectivity index (χ2v) is 12.5. The van der Waals surface area contributed by atoms with Crippen molar-refractivity contribution in [3.05, 3.63) is 41.0 Å². The number of hydrogen-bond acceptors (Lipinski definition) is 6. The van der Waals surface area contributed by atoms with E-state index >= 15 is 0 Å². The van der Waals surface area contributed by atoms with Crippen LogP contribution in [-0.4, -0.2) is 57.4 Å². The van der Waals surface area contributed by atoms with Gasteiger partial charge in [0, 0.05) is 24.9 Å². The van der Waals surface area contributed by atoms with Crippen molar-refractivity contribution in [2.24, 2.45) is 10.8 Å². The minimum Gasteiger partial charge on any atom is -0.391 e. The first-order valence-corrected chi connectivity index (χ1v) is 13.1. The van der Waals surface area contributed by atoms with Crippen LogP contribution in [0.3, 0.4) is 0 Å². The SMILES string of the molecule is Cc1ncsc1-c1ccc(CNC(=O)[C@H]2C[C@@H](O)CN2C(=O)[C@H](NC(=O)C(C)(C)C)C(C)(C)C)cc1. The lowest BCUT2D eigenvalue weighted by atomic mass is 9.84. The summed E-state index contributed by atoms with van der Waals surface area (Å²) in [7, 11) is 0. The number of benzene rings is 1. The van der Waals surface area contributed by atoms with Gasteiger partial charge in [0.1, 0.15) is 12.1 Å². The highest BCUT2D eigenvalue weighted by Gasteiger charge is 2.45. The largest absolute Gasteiger partial charge is 0.391 e. The second-order valence-electron chi connectivity index (χ2n) is 11.6. The van der Waals surface area contributed by atoms with Gasteiger partial charge in [-0.15, -0.1) is 11.3 Å². The van der Waals surface area contributed by atoms with Crippen LogP contribution in [0.15, 0.2) is 29.8 Å². The predicted octanol–water partition coefficient (Wildman–Crippen LogP) is 3.27. The molecular formula is C27H38N4O4S. The Morgan fingerprint density at radius 3 is 2.31 bits per heavy atom.